The van der Waals surface area contributed by atoms with E-state index in [1.54, 1.807) is 0 Å². The number of benzene rings is 7. The van der Waals surface area contributed by atoms with E-state index >= 15 is 0 Å². The van der Waals surface area contributed by atoms with Crippen LogP contribution < -0.4 is 0 Å². The van der Waals surface area contributed by atoms with Gasteiger partial charge in [-0.1, -0.05) is 134 Å². The molecule has 1 aliphatic rings. The van der Waals surface area contributed by atoms with Gasteiger partial charge >= 0.3 is 0 Å². The number of allylic oxidation sites excluding steroid dienone is 1. The fourth-order valence-electron chi connectivity index (χ4n) is 7.62. The van der Waals surface area contributed by atoms with Crippen molar-refractivity contribution in [3.05, 3.63) is 173 Å². The molecule has 7 aromatic carbocycles. The molecule has 3 heterocycles. The third-order valence-corrected chi connectivity index (χ3v) is 10.5. The topological polar surface area (TPSA) is 51.0 Å². The second-order valence-corrected chi connectivity index (χ2v) is 13.9. The summed E-state index contributed by atoms with van der Waals surface area (Å²) >= 11 is 7.12. The Morgan fingerprint density at radius 3 is 2.21 bits per heavy atom. The number of fused-ring (bicyclic) bond motifs is 8. The summed E-state index contributed by atoms with van der Waals surface area (Å²) in [6, 6.07) is 50.0. The Morgan fingerprint density at radius 2 is 1.31 bits per heavy atom. The van der Waals surface area contributed by atoms with Crippen LogP contribution >= 0.6 is 11.6 Å². The van der Waals surface area contributed by atoms with Crippen molar-refractivity contribution in [1.82, 2.24) is 0 Å². The molecule has 0 saturated carbocycles. The number of amidine groups is 1. The molecule has 0 fully saturated rings. The van der Waals surface area contributed by atoms with Crippen LogP contribution in [0.4, 0.5) is 0 Å². The molecule has 52 heavy (non-hydrogen) atoms. The summed E-state index contributed by atoms with van der Waals surface area (Å²) in [5.41, 5.74) is 9.93. The number of furan rings is 2. The first-order valence-corrected chi connectivity index (χ1v) is 17.9. The lowest BCUT2D eigenvalue weighted by Crippen LogP contribution is -2.17. The van der Waals surface area contributed by atoms with Gasteiger partial charge in [0.1, 0.15) is 22.3 Å². The van der Waals surface area contributed by atoms with Crippen molar-refractivity contribution < 1.29 is 8.83 Å². The van der Waals surface area contributed by atoms with Gasteiger partial charge in [0.15, 0.2) is 5.84 Å². The fraction of sp³-hybridized carbons (Fsp3) is 0.0638. The number of aliphatic imine (C=N–C) groups is 2. The predicted octanol–water partition coefficient (Wildman–Crippen LogP) is 13.3. The summed E-state index contributed by atoms with van der Waals surface area (Å²) in [5, 5.41) is 7.13. The molecule has 0 spiro atoms. The van der Waals surface area contributed by atoms with Gasteiger partial charge < -0.3 is 8.83 Å². The fourth-order valence-corrected chi connectivity index (χ4v) is 7.87. The van der Waals surface area contributed by atoms with Gasteiger partial charge in [0, 0.05) is 50.2 Å². The van der Waals surface area contributed by atoms with Gasteiger partial charge in [0.25, 0.3) is 0 Å². The van der Waals surface area contributed by atoms with E-state index < -0.39 is 0 Å². The third kappa shape index (κ3) is 5.06. The molecule has 10 rings (SSSR count). The maximum absolute atomic E-state index is 7.12. The van der Waals surface area contributed by atoms with Gasteiger partial charge in [-0.3, -0.25) is 0 Å². The Labute approximate surface area is 305 Å². The Bertz CT molecular complexity index is 2960. The van der Waals surface area contributed by atoms with Gasteiger partial charge in [0.2, 0.25) is 0 Å². The normalized spacial score (nSPS) is 18.2. The average molecular weight is 691 g/mol. The maximum Gasteiger partial charge on any atom is 0.160 e. The molecule has 0 amide bonds. The van der Waals surface area contributed by atoms with E-state index in [1.807, 2.05) is 36.4 Å². The summed E-state index contributed by atoms with van der Waals surface area (Å²) in [4.78, 5) is 10.8. The van der Waals surface area contributed by atoms with Crippen molar-refractivity contribution in [2.24, 2.45) is 15.9 Å². The quantitative estimate of drug-likeness (QED) is 0.184. The van der Waals surface area contributed by atoms with Gasteiger partial charge in [-0.25, -0.2) is 9.98 Å². The van der Waals surface area contributed by atoms with Crippen molar-refractivity contribution in [3.8, 4) is 11.1 Å². The Kier molecular flexibility index (Phi) is 7.19. The summed E-state index contributed by atoms with van der Waals surface area (Å²) in [6.45, 7) is 2.22. The number of para-hydroxylation sites is 2. The van der Waals surface area contributed by atoms with E-state index in [1.165, 1.54) is 0 Å². The smallest absolute Gasteiger partial charge is 0.160 e. The lowest BCUT2D eigenvalue weighted by Gasteiger charge is -2.19. The molecule has 0 bridgehead atoms. The van der Waals surface area contributed by atoms with E-state index in [2.05, 4.69) is 122 Å². The van der Waals surface area contributed by atoms with Crippen molar-refractivity contribution >= 4 is 83.5 Å². The van der Waals surface area contributed by atoms with E-state index in [4.69, 9.17) is 30.4 Å². The van der Waals surface area contributed by atoms with Crippen LogP contribution in [0.15, 0.2) is 170 Å². The highest BCUT2D eigenvalue weighted by Gasteiger charge is 2.24. The van der Waals surface area contributed by atoms with Gasteiger partial charge in [0.05, 0.1) is 16.4 Å². The Morgan fingerprint density at radius 1 is 0.558 bits per heavy atom. The van der Waals surface area contributed by atoms with E-state index in [-0.39, 0.29) is 5.92 Å². The van der Waals surface area contributed by atoms with Crippen molar-refractivity contribution in [3.63, 3.8) is 0 Å². The largest absolute Gasteiger partial charge is 0.456 e. The van der Waals surface area contributed by atoms with Crippen LogP contribution in [-0.2, 0) is 0 Å². The highest BCUT2D eigenvalue weighted by Crippen LogP contribution is 2.40. The van der Waals surface area contributed by atoms with Crippen LogP contribution in [0.25, 0.3) is 71.5 Å². The summed E-state index contributed by atoms with van der Waals surface area (Å²) in [5.74, 6) is 0.648. The van der Waals surface area contributed by atoms with Crippen LogP contribution in [0.3, 0.4) is 0 Å². The van der Waals surface area contributed by atoms with Crippen LogP contribution in [-0.4, -0.2) is 11.5 Å². The molecule has 1 aliphatic heterocycles. The number of halogens is 1. The van der Waals surface area contributed by atoms with Crippen molar-refractivity contribution in [2.75, 3.05) is 0 Å². The summed E-state index contributed by atoms with van der Waals surface area (Å²) < 4.78 is 12.9. The number of hydrogen-bond acceptors (Lipinski definition) is 4. The lowest BCUT2D eigenvalue weighted by atomic mass is 9.92. The standard InChI is InChI=1S/C47H31ClN2O2/c1-28-21-23-40(37-26-38-43(27-39(37)48)51-42-24-22-30-13-5-6-16-33(30)44(38)42)49-47(32-15-9-14-31(25-32)29-11-3-2-4-12-29)50-45(28)36-19-10-18-35-34-17-7-8-20-41(34)52-46(35)36/h2-20,22-28H,21H2,1H3/b40-23+,49-47-,50-45+. The molecule has 4 nitrogen and oxygen atoms in total. The zero-order valence-electron chi connectivity index (χ0n) is 28.3. The minimum Gasteiger partial charge on any atom is -0.456 e. The Balaban J connectivity index is 1.20. The molecule has 1 unspecified atom stereocenters. The minimum absolute atomic E-state index is 0.0397. The van der Waals surface area contributed by atoms with E-state index in [0.29, 0.717) is 17.3 Å². The van der Waals surface area contributed by atoms with Crippen molar-refractivity contribution in [2.45, 2.75) is 13.3 Å². The van der Waals surface area contributed by atoms with E-state index in [0.717, 1.165) is 93.9 Å². The van der Waals surface area contributed by atoms with Gasteiger partial charge in [-0.2, -0.15) is 0 Å². The van der Waals surface area contributed by atoms with Crippen LogP contribution in [0, 0.1) is 5.92 Å². The molecule has 1 atom stereocenters. The lowest BCUT2D eigenvalue weighted by molar-refractivity contribution is 0.666. The summed E-state index contributed by atoms with van der Waals surface area (Å²) in [6.07, 6.45) is 2.90. The molecular formula is C47H31ClN2O2. The zero-order chi connectivity index (χ0) is 34.8. The van der Waals surface area contributed by atoms with Crippen LogP contribution in [0.5, 0.6) is 0 Å². The van der Waals surface area contributed by atoms with Gasteiger partial charge in [-0.05, 0) is 58.7 Å². The molecule has 0 aliphatic carbocycles. The van der Waals surface area contributed by atoms with Crippen molar-refractivity contribution in [1.29, 1.82) is 0 Å². The molecule has 0 radical (unpaired) electrons. The predicted molar refractivity (Wildman–Crippen MR) is 217 cm³/mol. The average Bonchev–Trinajstić information content (AvgIpc) is 3.75. The highest BCUT2D eigenvalue weighted by atomic mass is 35.5. The first-order chi connectivity index (χ1) is 25.6. The highest BCUT2D eigenvalue weighted by molar-refractivity contribution is 6.34. The second kappa shape index (κ2) is 12.2. The molecule has 2 aromatic heterocycles. The number of hydrogen-bond donors (Lipinski definition) is 0. The summed E-state index contributed by atoms with van der Waals surface area (Å²) in [7, 11) is 0. The number of rotatable bonds is 4. The first-order valence-electron chi connectivity index (χ1n) is 17.6. The molecular weight excluding hydrogens is 660 g/mol. The monoisotopic (exact) mass is 690 g/mol. The minimum atomic E-state index is 0.0397. The molecule has 248 valence electrons. The third-order valence-electron chi connectivity index (χ3n) is 10.2. The molecule has 0 saturated heterocycles. The second-order valence-electron chi connectivity index (χ2n) is 13.5. The van der Waals surface area contributed by atoms with E-state index in [9.17, 15) is 0 Å². The molecule has 0 N–H and O–H groups in total. The Hall–Kier alpha value is -6.23. The first kappa shape index (κ1) is 30.6. The van der Waals surface area contributed by atoms with Gasteiger partial charge in [-0.15, -0.1) is 0 Å². The molecule has 9 aromatic rings. The molecule has 5 heteroatoms. The number of nitrogens with zero attached hydrogens (tertiary/aromatic N) is 2. The SMILES string of the molecule is CC1C/C=C(c2cc3c(cc2Cl)oc2ccc4ccccc4c23)/N=C(c2cccc(-c3ccccc3)c2)\N=C/1c1cccc2c1oc1ccccc12. The van der Waals surface area contributed by atoms with Crippen LogP contribution in [0.1, 0.15) is 30.0 Å². The maximum atomic E-state index is 7.12. The van der Waals surface area contributed by atoms with Crippen LogP contribution in [0.2, 0.25) is 5.02 Å². The zero-order valence-corrected chi connectivity index (χ0v) is 29.1.